The molecule has 0 heterocycles. The summed E-state index contributed by atoms with van der Waals surface area (Å²) >= 11 is 0. The molecular weight excluding hydrogens is 224 g/mol. The first-order chi connectivity index (χ1) is 8.68. The Balaban J connectivity index is 2.38. The second-order valence-corrected chi connectivity index (χ2v) is 5.82. The number of carbonyl (C=O) groups is 1. The summed E-state index contributed by atoms with van der Waals surface area (Å²) in [6.07, 6.45) is 9.11. The molecule has 0 aliphatic heterocycles. The van der Waals surface area contributed by atoms with Crippen LogP contribution in [0.1, 0.15) is 65.2 Å². The van der Waals surface area contributed by atoms with Crippen LogP contribution in [0.4, 0.5) is 0 Å². The van der Waals surface area contributed by atoms with E-state index in [2.05, 4.69) is 19.2 Å². The Hall–Kier alpha value is -0.570. The molecule has 1 atom stereocenters. The zero-order valence-corrected chi connectivity index (χ0v) is 12.1. The fourth-order valence-corrected chi connectivity index (χ4v) is 2.94. The molecule has 1 amide bonds. The van der Waals surface area contributed by atoms with E-state index in [1.165, 1.54) is 19.3 Å². The standard InChI is InChI=1S/C15H30N2O/c1-3-5-8-13(4-2)11-17-14(18)15(12-16)9-6-7-10-15/h13H,3-12,16H2,1-2H3,(H,17,18). The third-order valence-corrected chi connectivity index (χ3v) is 4.53. The molecule has 0 aromatic heterocycles. The van der Waals surface area contributed by atoms with Gasteiger partial charge in [-0.25, -0.2) is 0 Å². The van der Waals surface area contributed by atoms with Gasteiger partial charge in [0.1, 0.15) is 0 Å². The first-order valence-electron chi connectivity index (χ1n) is 7.67. The minimum atomic E-state index is -0.247. The van der Waals surface area contributed by atoms with Crippen LogP contribution in [0.25, 0.3) is 0 Å². The second kappa shape index (κ2) is 7.78. The van der Waals surface area contributed by atoms with Crippen LogP contribution in [0.5, 0.6) is 0 Å². The van der Waals surface area contributed by atoms with Gasteiger partial charge < -0.3 is 11.1 Å². The normalized spacial score (nSPS) is 19.7. The Labute approximate surface area is 112 Å². The van der Waals surface area contributed by atoms with Gasteiger partial charge >= 0.3 is 0 Å². The quantitative estimate of drug-likeness (QED) is 0.700. The Bertz CT molecular complexity index is 247. The van der Waals surface area contributed by atoms with Gasteiger partial charge in [0.05, 0.1) is 5.41 Å². The van der Waals surface area contributed by atoms with E-state index in [-0.39, 0.29) is 11.3 Å². The number of unbranched alkanes of at least 4 members (excludes halogenated alkanes) is 1. The fraction of sp³-hybridized carbons (Fsp3) is 0.933. The van der Waals surface area contributed by atoms with Gasteiger partial charge in [-0.3, -0.25) is 4.79 Å². The lowest BCUT2D eigenvalue weighted by molar-refractivity contribution is -0.130. The van der Waals surface area contributed by atoms with Crippen LogP contribution in [-0.4, -0.2) is 19.0 Å². The summed E-state index contributed by atoms with van der Waals surface area (Å²) in [7, 11) is 0. The Morgan fingerprint density at radius 3 is 2.50 bits per heavy atom. The van der Waals surface area contributed by atoms with E-state index in [1.807, 2.05) is 0 Å². The van der Waals surface area contributed by atoms with Crippen LogP contribution in [0, 0.1) is 11.3 Å². The smallest absolute Gasteiger partial charge is 0.227 e. The number of amides is 1. The van der Waals surface area contributed by atoms with E-state index >= 15 is 0 Å². The van der Waals surface area contributed by atoms with Gasteiger partial charge in [0.25, 0.3) is 0 Å². The first kappa shape index (κ1) is 15.5. The largest absolute Gasteiger partial charge is 0.355 e. The molecule has 1 unspecified atom stereocenters. The zero-order valence-electron chi connectivity index (χ0n) is 12.1. The third-order valence-electron chi connectivity index (χ3n) is 4.53. The summed E-state index contributed by atoms with van der Waals surface area (Å²) in [5.41, 5.74) is 5.58. The van der Waals surface area contributed by atoms with Crippen molar-refractivity contribution >= 4 is 5.91 Å². The third kappa shape index (κ3) is 3.98. The van der Waals surface area contributed by atoms with Crippen molar-refractivity contribution in [1.82, 2.24) is 5.32 Å². The van der Waals surface area contributed by atoms with E-state index in [4.69, 9.17) is 5.73 Å². The molecule has 1 rings (SSSR count). The predicted molar refractivity (Wildman–Crippen MR) is 76.3 cm³/mol. The summed E-state index contributed by atoms with van der Waals surface area (Å²) in [6, 6.07) is 0. The lowest BCUT2D eigenvalue weighted by Crippen LogP contribution is -2.45. The minimum Gasteiger partial charge on any atom is -0.355 e. The number of hydrogen-bond acceptors (Lipinski definition) is 2. The molecule has 1 saturated carbocycles. The van der Waals surface area contributed by atoms with E-state index < -0.39 is 0 Å². The highest BCUT2D eigenvalue weighted by Crippen LogP contribution is 2.37. The monoisotopic (exact) mass is 254 g/mol. The van der Waals surface area contributed by atoms with Gasteiger partial charge in [0, 0.05) is 13.1 Å². The first-order valence-corrected chi connectivity index (χ1v) is 7.67. The van der Waals surface area contributed by atoms with E-state index in [0.717, 1.165) is 38.6 Å². The predicted octanol–water partition coefficient (Wildman–Crippen LogP) is 2.84. The van der Waals surface area contributed by atoms with Gasteiger partial charge in [0.15, 0.2) is 0 Å². The molecule has 0 aromatic carbocycles. The highest BCUT2D eigenvalue weighted by atomic mass is 16.2. The maximum Gasteiger partial charge on any atom is 0.227 e. The van der Waals surface area contributed by atoms with Gasteiger partial charge in [0.2, 0.25) is 5.91 Å². The van der Waals surface area contributed by atoms with Gasteiger partial charge in [-0.05, 0) is 25.2 Å². The van der Waals surface area contributed by atoms with Crippen molar-refractivity contribution in [1.29, 1.82) is 0 Å². The highest BCUT2D eigenvalue weighted by molar-refractivity contribution is 5.83. The molecule has 3 heteroatoms. The number of hydrogen-bond donors (Lipinski definition) is 2. The molecule has 1 aliphatic carbocycles. The fourth-order valence-electron chi connectivity index (χ4n) is 2.94. The lowest BCUT2D eigenvalue weighted by atomic mass is 9.85. The molecule has 1 fully saturated rings. The molecule has 3 N–H and O–H groups in total. The van der Waals surface area contributed by atoms with Gasteiger partial charge in [-0.15, -0.1) is 0 Å². The maximum atomic E-state index is 12.3. The molecule has 0 spiro atoms. The summed E-state index contributed by atoms with van der Waals surface area (Å²) < 4.78 is 0. The van der Waals surface area contributed by atoms with Gasteiger partial charge in [-0.1, -0.05) is 46.0 Å². The lowest BCUT2D eigenvalue weighted by Gasteiger charge is -2.27. The molecule has 18 heavy (non-hydrogen) atoms. The van der Waals surface area contributed by atoms with Crippen molar-refractivity contribution < 1.29 is 4.79 Å². The van der Waals surface area contributed by atoms with Crippen LogP contribution in [0.15, 0.2) is 0 Å². The minimum absolute atomic E-state index is 0.206. The average molecular weight is 254 g/mol. The Morgan fingerprint density at radius 1 is 1.33 bits per heavy atom. The van der Waals surface area contributed by atoms with Crippen LogP contribution < -0.4 is 11.1 Å². The van der Waals surface area contributed by atoms with Crippen LogP contribution in [0.2, 0.25) is 0 Å². The molecule has 1 aliphatic rings. The number of nitrogens with two attached hydrogens (primary N) is 1. The van der Waals surface area contributed by atoms with E-state index in [0.29, 0.717) is 12.5 Å². The highest BCUT2D eigenvalue weighted by Gasteiger charge is 2.39. The topological polar surface area (TPSA) is 55.1 Å². The molecule has 0 radical (unpaired) electrons. The summed E-state index contributed by atoms with van der Waals surface area (Å²) in [6.45, 7) is 5.76. The van der Waals surface area contributed by atoms with Crippen molar-refractivity contribution in [2.45, 2.75) is 65.2 Å². The maximum absolute atomic E-state index is 12.3. The van der Waals surface area contributed by atoms with Crippen molar-refractivity contribution in [3.63, 3.8) is 0 Å². The van der Waals surface area contributed by atoms with Crippen LogP contribution in [0.3, 0.4) is 0 Å². The van der Waals surface area contributed by atoms with E-state index in [1.54, 1.807) is 0 Å². The van der Waals surface area contributed by atoms with Crippen molar-refractivity contribution in [3.05, 3.63) is 0 Å². The SMILES string of the molecule is CCCCC(CC)CNC(=O)C1(CN)CCCC1. The average Bonchev–Trinajstić information content (AvgIpc) is 2.88. The number of carbonyl (C=O) groups excluding carboxylic acids is 1. The van der Waals surface area contributed by atoms with E-state index in [9.17, 15) is 4.79 Å². The van der Waals surface area contributed by atoms with Gasteiger partial charge in [-0.2, -0.15) is 0 Å². The summed E-state index contributed by atoms with van der Waals surface area (Å²) in [5.74, 6) is 0.836. The number of rotatable bonds is 8. The molecule has 106 valence electrons. The van der Waals surface area contributed by atoms with Crippen molar-refractivity contribution in [2.75, 3.05) is 13.1 Å². The Morgan fingerprint density at radius 2 is 2.00 bits per heavy atom. The van der Waals surface area contributed by atoms with Crippen LogP contribution >= 0.6 is 0 Å². The van der Waals surface area contributed by atoms with Crippen molar-refractivity contribution in [2.24, 2.45) is 17.1 Å². The molecule has 0 saturated heterocycles. The second-order valence-electron chi connectivity index (χ2n) is 5.82. The molecule has 0 bridgehead atoms. The zero-order chi connectivity index (χ0) is 13.4. The molecular formula is C15H30N2O. The van der Waals surface area contributed by atoms with Crippen LogP contribution in [-0.2, 0) is 4.79 Å². The summed E-state index contributed by atoms with van der Waals surface area (Å²) in [4.78, 5) is 12.3. The molecule has 3 nitrogen and oxygen atoms in total. The molecule has 0 aromatic rings. The Kier molecular flexibility index (Phi) is 6.69. The summed E-state index contributed by atoms with van der Waals surface area (Å²) in [5, 5.41) is 3.16. The van der Waals surface area contributed by atoms with Crippen molar-refractivity contribution in [3.8, 4) is 0 Å². The number of nitrogens with one attached hydrogen (secondary N) is 1.